The summed E-state index contributed by atoms with van der Waals surface area (Å²) in [6, 6.07) is 0. The van der Waals surface area contributed by atoms with Crippen molar-refractivity contribution in [2.45, 2.75) is 6.41 Å². The summed E-state index contributed by atoms with van der Waals surface area (Å²) in [7, 11) is 2.69. The smallest absolute Gasteiger partial charge is 0.296 e. The Balaban J connectivity index is 3.16. The summed E-state index contributed by atoms with van der Waals surface area (Å²) < 4.78 is 8.69. The number of ether oxygens (including phenoxy) is 2. The Kier molecular flexibility index (Phi) is 3.45. The Morgan fingerprint density at radius 1 is 1.43 bits per heavy atom. The van der Waals surface area contributed by atoms with Gasteiger partial charge in [0.25, 0.3) is 6.41 Å². The third kappa shape index (κ3) is 2.24. The van der Waals surface area contributed by atoms with Gasteiger partial charge in [0.2, 0.25) is 0 Å². The summed E-state index contributed by atoms with van der Waals surface area (Å²) in [5.74, 6) is 0. The van der Waals surface area contributed by atoms with Gasteiger partial charge in [-0.1, -0.05) is 0 Å². The minimum atomic E-state index is -0.944. The topological polar surface area (TPSA) is 47.9 Å². The summed E-state index contributed by atoms with van der Waals surface area (Å²) in [5.41, 5.74) is 0. The first-order valence-corrected chi connectivity index (χ1v) is 1.73. The zero-order chi connectivity index (χ0) is 5.70. The van der Waals surface area contributed by atoms with Crippen molar-refractivity contribution in [3.8, 4) is 0 Å². The largest absolute Gasteiger partial charge is 0.335 e. The van der Waals surface area contributed by atoms with Crippen molar-refractivity contribution in [2.24, 2.45) is 5.18 Å². The first-order valence-electron chi connectivity index (χ1n) is 1.73. The summed E-state index contributed by atoms with van der Waals surface area (Å²) in [4.78, 5) is 9.47. The number of nitroso groups, excluding NO2 is 1. The zero-order valence-corrected chi connectivity index (χ0v) is 4.25. The highest BCUT2D eigenvalue weighted by Gasteiger charge is 1.98. The lowest BCUT2D eigenvalue weighted by atomic mass is 11.1. The fourth-order valence-electron chi connectivity index (χ4n) is 0.182. The second-order valence-electron chi connectivity index (χ2n) is 0.884. The molecule has 0 aromatic rings. The van der Waals surface area contributed by atoms with Crippen LogP contribution in [0.25, 0.3) is 0 Å². The van der Waals surface area contributed by atoms with Gasteiger partial charge in [0.1, 0.15) is 0 Å². The summed E-state index contributed by atoms with van der Waals surface area (Å²) in [5, 5.41) is 2.43. The number of nitrogens with zero attached hydrogens (tertiary/aromatic N) is 1. The van der Waals surface area contributed by atoms with E-state index in [1.807, 2.05) is 0 Å². The second-order valence-corrected chi connectivity index (χ2v) is 0.884. The number of rotatable bonds is 3. The fraction of sp³-hybridized carbons (Fsp3) is 1.00. The van der Waals surface area contributed by atoms with E-state index in [0.717, 1.165) is 0 Å². The molecule has 0 saturated carbocycles. The van der Waals surface area contributed by atoms with E-state index >= 15 is 0 Å². The first kappa shape index (κ1) is 6.52. The van der Waals surface area contributed by atoms with Crippen molar-refractivity contribution < 1.29 is 9.47 Å². The maximum absolute atomic E-state index is 9.47. The first-order chi connectivity index (χ1) is 3.35. The molecule has 0 rings (SSSR count). The van der Waals surface area contributed by atoms with E-state index in [1.54, 1.807) is 0 Å². The monoisotopic (exact) mass is 105 g/mol. The van der Waals surface area contributed by atoms with Gasteiger partial charge >= 0.3 is 0 Å². The molecule has 0 fully saturated rings. The van der Waals surface area contributed by atoms with E-state index in [2.05, 4.69) is 14.7 Å². The van der Waals surface area contributed by atoms with Gasteiger partial charge in [-0.25, -0.2) is 0 Å². The molecular formula is C3H7NO3. The van der Waals surface area contributed by atoms with Crippen LogP contribution >= 0.6 is 0 Å². The molecule has 7 heavy (non-hydrogen) atoms. The third-order valence-electron chi connectivity index (χ3n) is 0.489. The molecule has 42 valence electrons. The molecule has 4 heteroatoms. The van der Waals surface area contributed by atoms with E-state index in [1.165, 1.54) is 14.2 Å². The van der Waals surface area contributed by atoms with Crippen molar-refractivity contribution in [2.75, 3.05) is 14.2 Å². The minimum absolute atomic E-state index is 0.944. The highest BCUT2D eigenvalue weighted by atomic mass is 16.7. The number of hydrogen-bond acceptors (Lipinski definition) is 4. The lowest BCUT2D eigenvalue weighted by molar-refractivity contribution is -0.0957. The van der Waals surface area contributed by atoms with Crippen LogP contribution in [0.15, 0.2) is 5.18 Å². The Hall–Kier alpha value is -0.480. The molecule has 0 aliphatic heterocycles. The molecule has 0 aromatic carbocycles. The Morgan fingerprint density at radius 2 is 1.86 bits per heavy atom. The molecule has 0 N–H and O–H groups in total. The SMILES string of the molecule is COC(N=O)OC. The summed E-state index contributed by atoms with van der Waals surface area (Å²) in [6.07, 6.45) is -0.944. The van der Waals surface area contributed by atoms with Crippen molar-refractivity contribution in [1.82, 2.24) is 0 Å². The molecule has 0 bridgehead atoms. The lowest BCUT2D eigenvalue weighted by Crippen LogP contribution is -2.07. The van der Waals surface area contributed by atoms with E-state index in [0.29, 0.717) is 0 Å². The molecule has 0 unspecified atom stereocenters. The molecule has 0 radical (unpaired) electrons. The van der Waals surface area contributed by atoms with E-state index in [4.69, 9.17) is 0 Å². The van der Waals surface area contributed by atoms with Crippen LogP contribution in [0.4, 0.5) is 0 Å². The quantitative estimate of drug-likeness (QED) is 0.384. The second kappa shape index (κ2) is 3.70. The van der Waals surface area contributed by atoms with Crippen molar-refractivity contribution >= 4 is 0 Å². The lowest BCUT2D eigenvalue weighted by Gasteiger charge is -1.99. The maximum atomic E-state index is 9.47. The van der Waals surface area contributed by atoms with Crippen LogP contribution in [0.2, 0.25) is 0 Å². The molecule has 0 atom stereocenters. The Labute approximate surface area is 41.4 Å². The molecule has 0 aliphatic rings. The Morgan fingerprint density at radius 3 is 1.86 bits per heavy atom. The van der Waals surface area contributed by atoms with E-state index in [9.17, 15) is 4.91 Å². The predicted octanol–water partition coefficient (Wildman–Crippen LogP) is 0.329. The molecule has 0 heterocycles. The highest BCUT2D eigenvalue weighted by Crippen LogP contribution is 1.87. The van der Waals surface area contributed by atoms with Crippen LogP contribution in [0.5, 0.6) is 0 Å². The molecule has 0 aromatic heterocycles. The van der Waals surface area contributed by atoms with Crippen molar-refractivity contribution in [3.05, 3.63) is 4.91 Å². The standard InChI is InChI=1S/C3H7NO3/c1-6-3(4-5)7-2/h3H,1-2H3. The van der Waals surface area contributed by atoms with Crippen LogP contribution in [-0.2, 0) is 9.47 Å². The van der Waals surface area contributed by atoms with Gasteiger partial charge in [0.15, 0.2) is 0 Å². The summed E-state index contributed by atoms with van der Waals surface area (Å²) in [6.45, 7) is 0. The average molecular weight is 105 g/mol. The molecule has 0 amide bonds. The normalized spacial score (nSPS) is 9.57. The number of methoxy groups -OCH3 is 2. The van der Waals surface area contributed by atoms with Crippen LogP contribution in [-0.4, -0.2) is 20.6 Å². The van der Waals surface area contributed by atoms with E-state index in [-0.39, 0.29) is 0 Å². The molecule has 4 nitrogen and oxygen atoms in total. The molecular weight excluding hydrogens is 98.0 g/mol. The van der Waals surface area contributed by atoms with Gasteiger partial charge in [0, 0.05) is 14.2 Å². The van der Waals surface area contributed by atoms with Crippen molar-refractivity contribution in [3.63, 3.8) is 0 Å². The van der Waals surface area contributed by atoms with Gasteiger partial charge in [-0.15, -0.1) is 4.91 Å². The molecule has 0 aliphatic carbocycles. The maximum Gasteiger partial charge on any atom is 0.296 e. The van der Waals surface area contributed by atoms with Crippen molar-refractivity contribution in [1.29, 1.82) is 0 Å². The van der Waals surface area contributed by atoms with E-state index < -0.39 is 6.41 Å². The number of hydrogen-bond donors (Lipinski definition) is 0. The zero-order valence-electron chi connectivity index (χ0n) is 4.25. The fourth-order valence-corrected chi connectivity index (χ4v) is 0.182. The van der Waals surface area contributed by atoms with Crippen LogP contribution in [0.1, 0.15) is 0 Å². The predicted molar refractivity (Wildman–Crippen MR) is 23.6 cm³/mol. The molecule has 0 spiro atoms. The highest BCUT2D eigenvalue weighted by molar-refractivity contribution is 4.28. The van der Waals surface area contributed by atoms with Gasteiger partial charge in [-0.3, -0.25) is 0 Å². The minimum Gasteiger partial charge on any atom is -0.335 e. The third-order valence-corrected chi connectivity index (χ3v) is 0.489. The van der Waals surface area contributed by atoms with Gasteiger partial charge in [0.05, 0.1) is 0 Å². The van der Waals surface area contributed by atoms with Crippen LogP contribution < -0.4 is 0 Å². The average Bonchev–Trinajstić information content (AvgIpc) is 1.72. The van der Waals surface area contributed by atoms with Crippen LogP contribution in [0, 0.1) is 4.91 Å². The van der Waals surface area contributed by atoms with Gasteiger partial charge in [-0.2, -0.15) is 0 Å². The Bertz CT molecular complexity index is 52.1. The van der Waals surface area contributed by atoms with Gasteiger partial charge < -0.3 is 9.47 Å². The molecule has 0 saturated heterocycles. The van der Waals surface area contributed by atoms with Gasteiger partial charge in [-0.05, 0) is 5.18 Å². The van der Waals surface area contributed by atoms with Crippen LogP contribution in [0.3, 0.4) is 0 Å². The summed E-state index contributed by atoms with van der Waals surface area (Å²) >= 11 is 0.